The Hall–Kier alpha value is -5.77. The van der Waals surface area contributed by atoms with Crippen LogP contribution in [0.25, 0.3) is 11.1 Å². The largest absolute Gasteiger partial charge is 0.457 e. The number of para-hydroxylation sites is 1. The number of benzene rings is 6. The van der Waals surface area contributed by atoms with Crippen molar-refractivity contribution in [1.29, 1.82) is 0 Å². The normalized spacial score (nSPS) is 18.6. The number of rotatable bonds is 13. The van der Waals surface area contributed by atoms with Gasteiger partial charge in [0.2, 0.25) is 0 Å². The first-order chi connectivity index (χ1) is 27.3. The number of anilines is 1. The average Bonchev–Trinajstić information content (AvgIpc) is 3.25. The van der Waals surface area contributed by atoms with Crippen molar-refractivity contribution in [3.8, 4) is 22.6 Å². The zero-order valence-corrected chi connectivity index (χ0v) is 32.0. The van der Waals surface area contributed by atoms with Crippen LogP contribution in [0.4, 0.5) is 10.5 Å². The van der Waals surface area contributed by atoms with Crippen molar-refractivity contribution < 1.29 is 24.1 Å². The van der Waals surface area contributed by atoms with E-state index in [1.54, 1.807) is 0 Å². The first-order valence-electron chi connectivity index (χ1n) is 19.2. The number of hydrogen-bond donors (Lipinski definition) is 3. The van der Waals surface area contributed by atoms with Gasteiger partial charge < -0.3 is 30.0 Å². The molecule has 5 atom stereocenters. The second-order valence-electron chi connectivity index (χ2n) is 14.4. The van der Waals surface area contributed by atoms with Crippen molar-refractivity contribution >= 4 is 11.7 Å². The minimum Gasteiger partial charge on any atom is -0.457 e. The Labute approximate surface area is 329 Å². The highest BCUT2D eigenvalue weighted by Crippen LogP contribution is 2.42. The van der Waals surface area contributed by atoms with Crippen LogP contribution >= 0.6 is 0 Å². The molecule has 6 aromatic carbocycles. The SMILES string of the molecule is C[C@H]1[C@@H](CN(C)[C@@H](C)c2ccccc2)O[C@@H](c2ccc(-c3ccccc3CNC(=O)Nc3ccc(Oc4ccccc4)cc3)cc2)O[C@H]1c1ccc(CO)cc1. The van der Waals surface area contributed by atoms with Crippen LogP contribution in [0, 0.1) is 5.92 Å². The molecule has 1 aliphatic rings. The number of ether oxygens (including phenoxy) is 3. The summed E-state index contributed by atoms with van der Waals surface area (Å²) in [5, 5.41) is 15.6. The first-order valence-corrected chi connectivity index (χ1v) is 19.2. The zero-order valence-electron chi connectivity index (χ0n) is 32.0. The molecule has 1 fully saturated rings. The molecule has 56 heavy (non-hydrogen) atoms. The summed E-state index contributed by atoms with van der Waals surface area (Å²) in [6, 6.07) is 51.7. The highest BCUT2D eigenvalue weighted by molar-refractivity contribution is 5.89. The molecule has 7 rings (SSSR count). The summed E-state index contributed by atoms with van der Waals surface area (Å²) in [5.41, 5.74) is 7.81. The standard InChI is InChI=1S/C48H49N3O5/c1-33-45(31-51(3)34(2)36-12-6-4-7-13-36)55-47(56-46(33)38-20-18-35(32-52)19-21-38)39-24-22-37(23-25-39)44-17-11-10-14-40(44)30-49-48(53)50-41-26-28-43(29-27-41)54-42-15-8-5-9-16-42/h4-29,33-34,45-47,52H,30-32H2,1-3H3,(H2,49,50,53)/t33-,34-,45+,46+,47+/m0/s1. The van der Waals surface area contributed by atoms with Crippen molar-refractivity contribution in [1.82, 2.24) is 10.2 Å². The Kier molecular flexibility index (Phi) is 12.5. The molecule has 0 radical (unpaired) electrons. The molecule has 1 aliphatic heterocycles. The molecule has 0 aliphatic carbocycles. The molecule has 0 spiro atoms. The van der Waals surface area contributed by atoms with E-state index in [2.05, 4.69) is 103 Å². The predicted molar refractivity (Wildman–Crippen MR) is 221 cm³/mol. The average molecular weight is 748 g/mol. The van der Waals surface area contributed by atoms with Crippen LogP contribution in [0.2, 0.25) is 0 Å². The van der Waals surface area contributed by atoms with Crippen molar-refractivity contribution in [2.75, 3.05) is 18.9 Å². The number of hydrogen-bond acceptors (Lipinski definition) is 6. The van der Waals surface area contributed by atoms with Crippen LogP contribution in [0.3, 0.4) is 0 Å². The van der Waals surface area contributed by atoms with E-state index in [0.717, 1.165) is 45.7 Å². The number of urea groups is 1. The lowest BCUT2D eigenvalue weighted by Gasteiger charge is -2.43. The second-order valence-corrected chi connectivity index (χ2v) is 14.4. The number of aliphatic hydroxyl groups is 1. The molecule has 8 nitrogen and oxygen atoms in total. The highest BCUT2D eigenvalue weighted by Gasteiger charge is 2.39. The summed E-state index contributed by atoms with van der Waals surface area (Å²) in [6.45, 7) is 5.49. The summed E-state index contributed by atoms with van der Waals surface area (Å²) in [6.07, 6.45) is -0.886. The molecule has 3 N–H and O–H groups in total. The third-order valence-electron chi connectivity index (χ3n) is 10.6. The molecule has 0 unspecified atom stereocenters. The summed E-state index contributed by atoms with van der Waals surface area (Å²) >= 11 is 0. The van der Waals surface area contributed by atoms with E-state index in [4.69, 9.17) is 14.2 Å². The number of carbonyl (C=O) groups excluding carboxylic acids is 1. The number of aliphatic hydroxyl groups excluding tert-OH is 1. The smallest absolute Gasteiger partial charge is 0.319 e. The van der Waals surface area contributed by atoms with Gasteiger partial charge in [0, 0.05) is 36.3 Å². The van der Waals surface area contributed by atoms with Crippen LogP contribution in [0.5, 0.6) is 11.5 Å². The minimum atomic E-state index is -0.576. The van der Waals surface area contributed by atoms with Crippen LogP contribution in [-0.4, -0.2) is 35.7 Å². The Morgan fingerprint density at radius 3 is 2.07 bits per heavy atom. The molecule has 286 valence electrons. The zero-order chi connectivity index (χ0) is 38.9. The predicted octanol–water partition coefficient (Wildman–Crippen LogP) is 10.4. The van der Waals surface area contributed by atoms with Gasteiger partial charge in [-0.3, -0.25) is 4.90 Å². The quantitative estimate of drug-likeness (QED) is 0.109. The summed E-state index contributed by atoms with van der Waals surface area (Å²) in [4.78, 5) is 15.3. The maximum atomic E-state index is 12.9. The van der Waals surface area contributed by atoms with Gasteiger partial charge in [0.15, 0.2) is 6.29 Å². The summed E-state index contributed by atoms with van der Waals surface area (Å²) < 4.78 is 19.4. The summed E-state index contributed by atoms with van der Waals surface area (Å²) in [7, 11) is 2.15. The van der Waals surface area contributed by atoms with Gasteiger partial charge in [0.05, 0.1) is 18.8 Å². The number of likely N-dealkylation sites (N-methyl/N-ethyl adjacent to an activating group) is 1. The van der Waals surface area contributed by atoms with Gasteiger partial charge >= 0.3 is 6.03 Å². The molecular formula is C48H49N3O5. The van der Waals surface area contributed by atoms with E-state index in [-0.39, 0.29) is 36.8 Å². The molecule has 2 amide bonds. The van der Waals surface area contributed by atoms with E-state index in [1.807, 2.05) is 91.0 Å². The molecule has 8 heteroatoms. The van der Waals surface area contributed by atoms with Crippen LogP contribution in [0.15, 0.2) is 158 Å². The summed E-state index contributed by atoms with van der Waals surface area (Å²) in [5.74, 6) is 1.51. The van der Waals surface area contributed by atoms with Crippen molar-refractivity contribution in [2.45, 2.75) is 51.5 Å². The second kappa shape index (κ2) is 18.2. The monoisotopic (exact) mass is 747 g/mol. The van der Waals surface area contributed by atoms with Gasteiger partial charge in [-0.25, -0.2) is 4.79 Å². The maximum Gasteiger partial charge on any atom is 0.319 e. The Morgan fingerprint density at radius 1 is 0.750 bits per heavy atom. The van der Waals surface area contributed by atoms with Gasteiger partial charge in [0.25, 0.3) is 0 Å². The lowest BCUT2D eigenvalue weighted by molar-refractivity contribution is -0.276. The van der Waals surface area contributed by atoms with Gasteiger partial charge in [0.1, 0.15) is 11.5 Å². The fraction of sp³-hybridized carbons (Fsp3) is 0.229. The van der Waals surface area contributed by atoms with Gasteiger partial charge in [-0.1, -0.05) is 128 Å². The Morgan fingerprint density at radius 2 is 1.38 bits per heavy atom. The van der Waals surface area contributed by atoms with Crippen molar-refractivity contribution in [2.24, 2.45) is 5.92 Å². The lowest BCUT2D eigenvalue weighted by atomic mass is 9.89. The van der Waals surface area contributed by atoms with Gasteiger partial charge in [-0.2, -0.15) is 0 Å². The fourth-order valence-electron chi connectivity index (χ4n) is 7.11. The minimum absolute atomic E-state index is 0.00287. The number of carbonyl (C=O) groups is 1. The third kappa shape index (κ3) is 9.53. The number of nitrogens with one attached hydrogen (secondary N) is 2. The fourth-order valence-corrected chi connectivity index (χ4v) is 7.11. The van der Waals surface area contributed by atoms with Crippen LogP contribution in [-0.2, 0) is 22.6 Å². The maximum absolute atomic E-state index is 12.9. The Bertz CT molecular complexity index is 2150. The molecule has 0 bridgehead atoms. The number of amides is 2. The molecule has 6 aromatic rings. The van der Waals surface area contributed by atoms with Crippen molar-refractivity contribution in [3.05, 3.63) is 186 Å². The molecule has 0 aromatic heterocycles. The van der Waals surface area contributed by atoms with Gasteiger partial charge in [-0.15, -0.1) is 0 Å². The van der Waals surface area contributed by atoms with Crippen LogP contribution in [0.1, 0.15) is 60.1 Å². The first kappa shape index (κ1) is 38.5. The molecular weight excluding hydrogens is 699 g/mol. The van der Waals surface area contributed by atoms with E-state index in [9.17, 15) is 9.90 Å². The highest BCUT2D eigenvalue weighted by atomic mass is 16.7. The van der Waals surface area contributed by atoms with Crippen LogP contribution < -0.4 is 15.4 Å². The topological polar surface area (TPSA) is 92.3 Å². The van der Waals surface area contributed by atoms with Crippen molar-refractivity contribution in [3.63, 3.8) is 0 Å². The third-order valence-corrected chi connectivity index (χ3v) is 10.6. The Balaban J connectivity index is 1.03. The van der Waals surface area contributed by atoms with E-state index >= 15 is 0 Å². The lowest BCUT2D eigenvalue weighted by Crippen LogP contribution is -2.44. The number of nitrogens with zero attached hydrogens (tertiary/aromatic N) is 1. The molecule has 1 saturated heterocycles. The van der Waals surface area contributed by atoms with Gasteiger partial charge in [-0.05, 0) is 83.8 Å². The van der Waals surface area contributed by atoms with E-state index < -0.39 is 6.29 Å². The van der Waals surface area contributed by atoms with E-state index in [0.29, 0.717) is 18.0 Å². The van der Waals surface area contributed by atoms with E-state index in [1.165, 1.54) is 5.56 Å². The molecule has 1 heterocycles. The molecule has 0 saturated carbocycles.